The van der Waals surface area contributed by atoms with Crippen molar-refractivity contribution in [1.29, 1.82) is 0 Å². The second-order valence-corrected chi connectivity index (χ2v) is 3.27. The van der Waals surface area contributed by atoms with Gasteiger partial charge in [0.2, 0.25) is 0 Å². The van der Waals surface area contributed by atoms with E-state index in [1.54, 1.807) is 0 Å². The highest BCUT2D eigenvalue weighted by atomic mass is 19.4. The average molecular weight is 212 g/mol. The van der Waals surface area contributed by atoms with Crippen LogP contribution in [0.3, 0.4) is 0 Å². The minimum Gasteiger partial charge on any atom is -0.445 e. The van der Waals surface area contributed by atoms with Gasteiger partial charge in [0.1, 0.15) is 0 Å². The Balaban J connectivity index is 3.46. The van der Waals surface area contributed by atoms with Crippen LogP contribution in [0.2, 0.25) is 0 Å². The molecule has 0 bridgehead atoms. The summed E-state index contributed by atoms with van der Waals surface area (Å²) in [4.78, 5) is 0. The van der Waals surface area contributed by atoms with Gasteiger partial charge in [-0.05, 0) is 18.6 Å². The summed E-state index contributed by atoms with van der Waals surface area (Å²) in [6.45, 7) is -3.57. The number of hydrogen-bond donors (Lipinski definition) is 1. The van der Waals surface area contributed by atoms with Crippen molar-refractivity contribution in [2.45, 2.75) is 13.5 Å². The summed E-state index contributed by atoms with van der Waals surface area (Å²) >= 11 is 0. The lowest BCUT2D eigenvalue weighted by Gasteiger charge is -2.20. The third kappa shape index (κ3) is 2.34. The van der Waals surface area contributed by atoms with Gasteiger partial charge in [0.25, 0.3) is 0 Å². The second kappa shape index (κ2) is 3.99. The first kappa shape index (κ1) is 11.7. The molecule has 0 aliphatic rings. The van der Waals surface area contributed by atoms with Crippen LogP contribution in [-0.4, -0.2) is 6.98 Å². The predicted octanol–water partition coefficient (Wildman–Crippen LogP) is 1.49. The van der Waals surface area contributed by atoms with E-state index in [1.807, 2.05) is 0 Å². The van der Waals surface area contributed by atoms with Crippen LogP contribution in [0.1, 0.15) is 16.7 Å². The normalized spacial score (nSPS) is 11.2. The smallest absolute Gasteiger partial charge is 0.445 e. The van der Waals surface area contributed by atoms with Crippen LogP contribution in [0.4, 0.5) is 12.9 Å². The Kier molecular flexibility index (Phi) is 3.11. The zero-order chi connectivity index (χ0) is 11.6. The Bertz CT molecular complexity index is 418. The first-order chi connectivity index (χ1) is 6.90. The molecule has 0 saturated carbocycles. The van der Waals surface area contributed by atoms with E-state index in [1.165, 1.54) is 13.0 Å². The molecule has 15 heavy (non-hydrogen) atoms. The van der Waals surface area contributed by atoms with Gasteiger partial charge in [-0.25, -0.2) is 0 Å². The molecular weight excluding hydrogens is 202 g/mol. The summed E-state index contributed by atoms with van der Waals surface area (Å²) in [5.41, 5.74) is 5.54. The molecule has 0 unspecified atom stereocenters. The van der Waals surface area contributed by atoms with Crippen molar-refractivity contribution in [2.75, 3.05) is 0 Å². The van der Waals surface area contributed by atoms with Crippen molar-refractivity contribution in [3.63, 3.8) is 0 Å². The molecule has 0 fully saturated rings. The van der Waals surface area contributed by atoms with Crippen LogP contribution in [0.5, 0.6) is 0 Å². The summed E-state index contributed by atoms with van der Waals surface area (Å²) in [5, 5.41) is 0. The third-order valence-electron chi connectivity index (χ3n) is 2.29. The third-order valence-corrected chi connectivity index (χ3v) is 2.29. The van der Waals surface area contributed by atoms with Gasteiger partial charge in [0, 0.05) is 12.1 Å². The highest BCUT2D eigenvalue weighted by Gasteiger charge is 2.28. The van der Waals surface area contributed by atoms with Crippen molar-refractivity contribution >= 4 is 12.4 Å². The van der Waals surface area contributed by atoms with Gasteiger partial charge in [0.15, 0.2) is 0 Å². The Hall–Kier alpha value is -1.41. The standard InChI is InChI=1S/C10H10BF3N/c1-3-8-4-9(6-15)7(2)10(5-8)11(12,13)14/h1,4-5H,6,15H2,2H3/q-1. The zero-order valence-corrected chi connectivity index (χ0v) is 8.23. The van der Waals surface area contributed by atoms with Gasteiger partial charge >= 0.3 is 6.98 Å². The number of hydrogen-bond acceptors (Lipinski definition) is 1. The molecular formula is C10H10BF3N-. The summed E-state index contributed by atoms with van der Waals surface area (Å²) in [5.74, 6) is 2.20. The van der Waals surface area contributed by atoms with Gasteiger partial charge in [-0.2, -0.15) is 0 Å². The number of nitrogens with two attached hydrogens (primary N) is 1. The molecule has 5 heteroatoms. The van der Waals surface area contributed by atoms with E-state index in [-0.39, 0.29) is 17.7 Å². The van der Waals surface area contributed by atoms with Crippen LogP contribution >= 0.6 is 0 Å². The van der Waals surface area contributed by atoms with E-state index in [0.29, 0.717) is 5.56 Å². The summed E-state index contributed by atoms with van der Waals surface area (Å²) in [6.07, 6.45) is 5.08. The van der Waals surface area contributed by atoms with E-state index in [0.717, 1.165) is 6.07 Å². The molecule has 0 radical (unpaired) electrons. The average Bonchev–Trinajstić information content (AvgIpc) is 2.16. The van der Waals surface area contributed by atoms with Crippen LogP contribution in [0, 0.1) is 19.3 Å². The predicted molar refractivity (Wildman–Crippen MR) is 55.7 cm³/mol. The lowest BCUT2D eigenvalue weighted by atomic mass is 9.75. The second-order valence-electron chi connectivity index (χ2n) is 3.27. The maximum absolute atomic E-state index is 12.6. The first-order valence-electron chi connectivity index (χ1n) is 4.40. The molecule has 0 amide bonds. The van der Waals surface area contributed by atoms with Gasteiger partial charge in [-0.1, -0.05) is 17.6 Å². The van der Waals surface area contributed by atoms with Crippen molar-refractivity contribution in [3.8, 4) is 12.3 Å². The van der Waals surface area contributed by atoms with Crippen molar-refractivity contribution < 1.29 is 12.9 Å². The fourth-order valence-electron chi connectivity index (χ4n) is 1.43. The molecule has 1 aromatic rings. The number of terminal acetylenes is 1. The molecule has 0 aliphatic heterocycles. The summed E-state index contributed by atoms with van der Waals surface area (Å²) in [7, 11) is 0. The zero-order valence-electron chi connectivity index (χ0n) is 8.23. The van der Waals surface area contributed by atoms with E-state index in [2.05, 4.69) is 5.92 Å². The van der Waals surface area contributed by atoms with E-state index < -0.39 is 12.4 Å². The Morgan fingerprint density at radius 2 is 2.00 bits per heavy atom. The van der Waals surface area contributed by atoms with E-state index in [9.17, 15) is 12.9 Å². The highest BCUT2D eigenvalue weighted by molar-refractivity contribution is 6.74. The lowest BCUT2D eigenvalue weighted by Crippen LogP contribution is -2.37. The molecule has 0 aromatic heterocycles. The quantitative estimate of drug-likeness (QED) is 0.583. The molecule has 80 valence electrons. The Morgan fingerprint density at radius 1 is 1.40 bits per heavy atom. The lowest BCUT2D eigenvalue weighted by molar-refractivity contribution is 0.500. The van der Waals surface area contributed by atoms with E-state index in [4.69, 9.17) is 12.2 Å². The first-order valence-corrected chi connectivity index (χ1v) is 4.40. The maximum Gasteiger partial charge on any atom is 0.509 e. The van der Waals surface area contributed by atoms with Gasteiger partial charge in [-0.3, -0.25) is 0 Å². The van der Waals surface area contributed by atoms with Crippen LogP contribution in [0.25, 0.3) is 0 Å². The molecule has 0 spiro atoms. The molecule has 2 N–H and O–H groups in total. The largest absolute Gasteiger partial charge is 0.509 e. The van der Waals surface area contributed by atoms with Crippen molar-refractivity contribution in [2.24, 2.45) is 5.73 Å². The van der Waals surface area contributed by atoms with Gasteiger partial charge in [-0.15, -0.1) is 11.9 Å². The van der Waals surface area contributed by atoms with Crippen molar-refractivity contribution in [3.05, 3.63) is 28.8 Å². The van der Waals surface area contributed by atoms with Crippen LogP contribution in [-0.2, 0) is 6.54 Å². The Labute approximate surface area is 86.5 Å². The van der Waals surface area contributed by atoms with E-state index >= 15 is 0 Å². The molecule has 1 aromatic carbocycles. The minimum atomic E-state index is -5.03. The fourth-order valence-corrected chi connectivity index (χ4v) is 1.43. The topological polar surface area (TPSA) is 26.0 Å². The number of rotatable bonds is 2. The fraction of sp³-hybridized carbons (Fsp3) is 0.200. The number of benzene rings is 1. The Morgan fingerprint density at radius 3 is 2.40 bits per heavy atom. The minimum absolute atomic E-state index is 0.0561. The molecule has 0 atom stereocenters. The molecule has 1 rings (SSSR count). The molecule has 0 saturated heterocycles. The molecule has 0 aliphatic carbocycles. The SMILES string of the molecule is C#Cc1cc(CN)c(C)c([B-](F)(F)F)c1. The summed E-state index contributed by atoms with van der Waals surface area (Å²) in [6, 6.07) is 2.51. The molecule has 0 heterocycles. The van der Waals surface area contributed by atoms with Crippen LogP contribution in [0.15, 0.2) is 12.1 Å². The van der Waals surface area contributed by atoms with Gasteiger partial charge in [0.05, 0.1) is 0 Å². The summed E-state index contributed by atoms with van der Waals surface area (Å²) < 4.78 is 37.9. The molecule has 1 nitrogen and oxygen atoms in total. The van der Waals surface area contributed by atoms with Gasteiger partial charge < -0.3 is 18.7 Å². The number of halogens is 3. The monoisotopic (exact) mass is 212 g/mol. The highest BCUT2D eigenvalue weighted by Crippen LogP contribution is 2.16. The van der Waals surface area contributed by atoms with Crippen molar-refractivity contribution in [1.82, 2.24) is 0 Å². The maximum atomic E-state index is 12.6. The van der Waals surface area contributed by atoms with Crippen LogP contribution < -0.4 is 11.2 Å².